The summed E-state index contributed by atoms with van der Waals surface area (Å²) in [7, 11) is 0. The molecule has 0 aliphatic rings. The maximum absolute atomic E-state index is 12.2. The number of nitrogens with zero attached hydrogens (tertiary/aromatic N) is 1. The molecule has 1 aromatic heterocycles. The van der Waals surface area contributed by atoms with Crippen LogP contribution < -0.4 is 11.1 Å². The average Bonchev–Trinajstić information content (AvgIpc) is 2.75. The number of anilines is 1. The molecule has 1 aromatic carbocycles. The van der Waals surface area contributed by atoms with E-state index in [9.17, 15) is 4.79 Å². The van der Waals surface area contributed by atoms with Gasteiger partial charge in [-0.2, -0.15) is 0 Å². The van der Waals surface area contributed by atoms with Gasteiger partial charge in [0, 0.05) is 12.2 Å². The third-order valence-corrected chi connectivity index (χ3v) is 4.17. The number of hydrogen-bond donors (Lipinski definition) is 2. The first kappa shape index (κ1) is 13.7. The number of rotatable bonds is 3. The first-order chi connectivity index (χ1) is 9.01. The van der Waals surface area contributed by atoms with E-state index in [1.807, 2.05) is 39.0 Å². The summed E-state index contributed by atoms with van der Waals surface area (Å²) in [5.74, 6) is -0.127. The van der Waals surface area contributed by atoms with E-state index < -0.39 is 0 Å². The van der Waals surface area contributed by atoms with Gasteiger partial charge in [-0.3, -0.25) is 4.79 Å². The topological polar surface area (TPSA) is 68.0 Å². The lowest BCUT2D eigenvalue weighted by Crippen LogP contribution is -2.11. The molecule has 5 heteroatoms. The molecule has 3 N–H and O–H groups in total. The van der Waals surface area contributed by atoms with Gasteiger partial charge in [0.1, 0.15) is 9.88 Å². The van der Waals surface area contributed by atoms with Crippen LogP contribution in [0.1, 0.15) is 31.5 Å². The molecule has 0 saturated carbocycles. The average molecular weight is 275 g/mol. The number of benzene rings is 1. The monoisotopic (exact) mass is 275 g/mol. The van der Waals surface area contributed by atoms with Gasteiger partial charge in [0.25, 0.3) is 5.91 Å². The zero-order chi connectivity index (χ0) is 14.0. The maximum atomic E-state index is 12.2. The maximum Gasteiger partial charge on any atom is 0.267 e. The minimum Gasteiger partial charge on any atom is -0.325 e. The van der Waals surface area contributed by atoms with Gasteiger partial charge in [0.2, 0.25) is 0 Å². The molecule has 0 atom stereocenters. The Hall–Kier alpha value is -1.72. The molecule has 0 radical (unpaired) electrons. The van der Waals surface area contributed by atoms with E-state index >= 15 is 0 Å². The van der Waals surface area contributed by atoms with Crippen LogP contribution >= 0.6 is 11.3 Å². The summed E-state index contributed by atoms with van der Waals surface area (Å²) in [5.41, 5.74) is 9.43. The lowest BCUT2D eigenvalue weighted by Gasteiger charge is -2.06. The number of nitrogens with two attached hydrogens (primary N) is 1. The second-order valence-electron chi connectivity index (χ2n) is 4.48. The number of carbonyl (C=O) groups is 1. The van der Waals surface area contributed by atoms with E-state index in [-0.39, 0.29) is 5.91 Å². The summed E-state index contributed by atoms with van der Waals surface area (Å²) in [6.07, 6.45) is 0. The molecule has 0 unspecified atom stereocenters. The van der Waals surface area contributed by atoms with Crippen LogP contribution in [0.15, 0.2) is 18.2 Å². The first-order valence-electron chi connectivity index (χ1n) is 6.06. The molecule has 0 bridgehead atoms. The number of nitrogens with one attached hydrogen (secondary N) is 1. The zero-order valence-corrected chi connectivity index (χ0v) is 12.1. The Morgan fingerprint density at radius 2 is 2.05 bits per heavy atom. The fourth-order valence-electron chi connectivity index (χ4n) is 1.76. The van der Waals surface area contributed by atoms with E-state index in [0.717, 1.165) is 22.0 Å². The minimum absolute atomic E-state index is 0.127. The highest BCUT2D eigenvalue weighted by Crippen LogP contribution is 2.20. The van der Waals surface area contributed by atoms with Gasteiger partial charge in [0.15, 0.2) is 0 Å². The number of aryl methyl sites for hydroxylation is 3. The van der Waals surface area contributed by atoms with Crippen LogP contribution in [0.3, 0.4) is 0 Å². The molecule has 1 heterocycles. The summed E-state index contributed by atoms with van der Waals surface area (Å²) in [4.78, 5) is 17.1. The van der Waals surface area contributed by atoms with Gasteiger partial charge in [-0.15, -0.1) is 11.3 Å². The number of thiazole rings is 1. The zero-order valence-electron chi connectivity index (χ0n) is 11.3. The molecule has 0 saturated heterocycles. The van der Waals surface area contributed by atoms with Gasteiger partial charge < -0.3 is 11.1 Å². The second kappa shape index (κ2) is 5.50. The predicted molar refractivity (Wildman–Crippen MR) is 78.6 cm³/mol. The van der Waals surface area contributed by atoms with Crippen molar-refractivity contribution >= 4 is 22.9 Å². The second-order valence-corrected chi connectivity index (χ2v) is 5.56. The van der Waals surface area contributed by atoms with Crippen LogP contribution in [-0.4, -0.2) is 10.9 Å². The normalized spacial score (nSPS) is 10.5. The summed E-state index contributed by atoms with van der Waals surface area (Å²) >= 11 is 1.35. The Bertz CT molecular complexity index is 619. The smallest absolute Gasteiger partial charge is 0.267 e. The molecule has 2 rings (SSSR count). The predicted octanol–water partition coefficient (Wildman–Crippen LogP) is 2.78. The van der Waals surface area contributed by atoms with Gasteiger partial charge in [-0.05, 0) is 44.0 Å². The fourth-order valence-corrected chi connectivity index (χ4v) is 2.60. The molecule has 2 aromatic rings. The van der Waals surface area contributed by atoms with Crippen molar-refractivity contribution < 1.29 is 4.79 Å². The summed E-state index contributed by atoms with van der Waals surface area (Å²) in [5, 5.41) is 3.68. The minimum atomic E-state index is -0.127. The molecular formula is C14H17N3OS. The van der Waals surface area contributed by atoms with E-state index in [1.54, 1.807) is 0 Å². The molecule has 0 spiro atoms. The standard InChI is InChI=1S/C14H17N3OS/c1-8-4-5-11(6-9(8)2)17-14(18)13-10(3)16-12(7-15)19-13/h4-6H,7,15H2,1-3H3,(H,17,18). The van der Waals surface area contributed by atoms with Crippen molar-refractivity contribution in [2.75, 3.05) is 5.32 Å². The Balaban J connectivity index is 2.20. The third kappa shape index (κ3) is 3.00. The van der Waals surface area contributed by atoms with Crippen LogP contribution in [-0.2, 0) is 6.54 Å². The quantitative estimate of drug-likeness (QED) is 0.905. The van der Waals surface area contributed by atoms with Crippen molar-refractivity contribution in [1.29, 1.82) is 0 Å². The largest absolute Gasteiger partial charge is 0.325 e. The summed E-state index contributed by atoms with van der Waals surface area (Å²) in [6.45, 7) is 6.25. The van der Waals surface area contributed by atoms with Gasteiger partial charge in [-0.25, -0.2) is 4.98 Å². The number of hydrogen-bond acceptors (Lipinski definition) is 4. The molecule has 19 heavy (non-hydrogen) atoms. The SMILES string of the molecule is Cc1ccc(NC(=O)c2sc(CN)nc2C)cc1C. The van der Waals surface area contributed by atoms with Gasteiger partial charge in [0.05, 0.1) is 5.69 Å². The third-order valence-electron chi connectivity index (χ3n) is 2.99. The molecule has 0 aliphatic heterocycles. The number of aromatic nitrogens is 1. The fraction of sp³-hybridized carbons (Fsp3) is 0.286. The van der Waals surface area contributed by atoms with Gasteiger partial charge in [-0.1, -0.05) is 6.07 Å². The van der Waals surface area contributed by atoms with E-state index in [1.165, 1.54) is 16.9 Å². The number of carbonyl (C=O) groups excluding carboxylic acids is 1. The first-order valence-corrected chi connectivity index (χ1v) is 6.88. The Labute approximate surface area is 116 Å². The lowest BCUT2D eigenvalue weighted by molar-refractivity contribution is 0.103. The highest BCUT2D eigenvalue weighted by Gasteiger charge is 2.14. The Morgan fingerprint density at radius 1 is 1.32 bits per heavy atom. The molecule has 1 amide bonds. The molecule has 0 fully saturated rings. The van der Waals surface area contributed by atoms with Crippen molar-refractivity contribution in [3.8, 4) is 0 Å². The highest BCUT2D eigenvalue weighted by atomic mass is 32.1. The van der Waals surface area contributed by atoms with Crippen LogP contribution in [0.2, 0.25) is 0 Å². The molecule has 100 valence electrons. The van der Waals surface area contributed by atoms with E-state index in [0.29, 0.717) is 11.4 Å². The summed E-state index contributed by atoms with van der Waals surface area (Å²) in [6, 6.07) is 5.86. The van der Waals surface area contributed by atoms with Crippen molar-refractivity contribution in [3.63, 3.8) is 0 Å². The van der Waals surface area contributed by atoms with Crippen LogP contribution in [0.5, 0.6) is 0 Å². The molecular weight excluding hydrogens is 258 g/mol. The summed E-state index contributed by atoms with van der Waals surface area (Å²) < 4.78 is 0. The van der Waals surface area contributed by atoms with Crippen molar-refractivity contribution in [3.05, 3.63) is 44.9 Å². The van der Waals surface area contributed by atoms with E-state index in [2.05, 4.69) is 10.3 Å². The Morgan fingerprint density at radius 3 is 2.63 bits per heavy atom. The van der Waals surface area contributed by atoms with E-state index in [4.69, 9.17) is 5.73 Å². The Kier molecular flexibility index (Phi) is 3.97. The van der Waals surface area contributed by atoms with Crippen LogP contribution in [0, 0.1) is 20.8 Å². The van der Waals surface area contributed by atoms with Crippen molar-refractivity contribution in [2.45, 2.75) is 27.3 Å². The van der Waals surface area contributed by atoms with Crippen molar-refractivity contribution in [2.24, 2.45) is 5.73 Å². The molecule has 4 nitrogen and oxygen atoms in total. The highest BCUT2D eigenvalue weighted by molar-refractivity contribution is 7.13. The van der Waals surface area contributed by atoms with Gasteiger partial charge >= 0.3 is 0 Å². The lowest BCUT2D eigenvalue weighted by atomic mass is 10.1. The van der Waals surface area contributed by atoms with Crippen molar-refractivity contribution in [1.82, 2.24) is 4.98 Å². The number of amides is 1. The van der Waals surface area contributed by atoms with Crippen LogP contribution in [0.4, 0.5) is 5.69 Å². The molecule has 0 aliphatic carbocycles. The van der Waals surface area contributed by atoms with Crippen LogP contribution in [0.25, 0.3) is 0 Å².